The Morgan fingerprint density at radius 2 is 1.95 bits per heavy atom. The average Bonchev–Trinajstić information content (AvgIpc) is 2.76. The molecule has 0 saturated carbocycles. The third-order valence-corrected chi connectivity index (χ3v) is 4.40. The SMILES string of the molecule is O=C1O[C@H]([C@H](Br)c2cccc(Cl)c2)c2ccccc21. The van der Waals surface area contributed by atoms with E-state index < -0.39 is 0 Å². The summed E-state index contributed by atoms with van der Waals surface area (Å²) in [4.78, 5) is 11.7. The Morgan fingerprint density at radius 3 is 2.74 bits per heavy atom. The van der Waals surface area contributed by atoms with Crippen molar-refractivity contribution in [3.05, 3.63) is 70.2 Å². The molecule has 0 fully saturated rings. The molecule has 0 bridgehead atoms. The van der Waals surface area contributed by atoms with E-state index in [9.17, 15) is 4.79 Å². The third kappa shape index (κ3) is 2.28. The van der Waals surface area contributed by atoms with Crippen LogP contribution in [0.2, 0.25) is 5.02 Å². The largest absolute Gasteiger partial charge is 0.452 e. The highest BCUT2D eigenvalue weighted by Crippen LogP contribution is 2.44. The van der Waals surface area contributed by atoms with Gasteiger partial charge in [0, 0.05) is 10.6 Å². The Balaban J connectivity index is 1.98. The van der Waals surface area contributed by atoms with Gasteiger partial charge in [0.05, 0.1) is 10.4 Å². The highest BCUT2D eigenvalue weighted by Gasteiger charge is 2.35. The molecule has 1 heterocycles. The lowest BCUT2D eigenvalue weighted by Gasteiger charge is -2.18. The molecule has 0 N–H and O–H groups in total. The summed E-state index contributed by atoms with van der Waals surface area (Å²) in [7, 11) is 0. The second-order valence-electron chi connectivity index (χ2n) is 4.37. The van der Waals surface area contributed by atoms with E-state index in [2.05, 4.69) is 15.9 Å². The summed E-state index contributed by atoms with van der Waals surface area (Å²) in [6.45, 7) is 0. The van der Waals surface area contributed by atoms with Crippen molar-refractivity contribution >= 4 is 33.5 Å². The van der Waals surface area contributed by atoms with E-state index >= 15 is 0 Å². The fourth-order valence-corrected chi connectivity index (χ4v) is 3.12. The van der Waals surface area contributed by atoms with Crippen LogP contribution in [0.3, 0.4) is 0 Å². The van der Waals surface area contributed by atoms with Gasteiger partial charge in [-0.1, -0.05) is 57.9 Å². The smallest absolute Gasteiger partial charge is 0.339 e. The standard InChI is InChI=1S/C15H10BrClO2/c16-13(9-4-3-5-10(17)8-9)14-11-6-1-2-7-12(11)15(18)19-14/h1-8,13-14H/t13-,14+/m1/s1. The summed E-state index contributed by atoms with van der Waals surface area (Å²) in [5.41, 5.74) is 2.54. The van der Waals surface area contributed by atoms with Crippen LogP contribution < -0.4 is 0 Å². The van der Waals surface area contributed by atoms with E-state index in [4.69, 9.17) is 16.3 Å². The first-order valence-electron chi connectivity index (χ1n) is 5.86. The zero-order valence-electron chi connectivity index (χ0n) is 9.85. The van der Waals surface area contributed by atoms with E-state index in [-0.39, 0.29) is 16.9 Å². The van der Waals surface area contributed by atoms with Gasteiger partial charge in [-0.05, 0) is 23.8 Å². The molecule has 0 radical (unpaired) electrons. The summed E-state index contributed by atoms with van der Waals surface area (Å²) in [5.74, 6) is -0.271. The predicted molar refractivity (Wildman–Crippen MR) is 77.7 cm³/mol. The number of alkyl halides is 1. The Kier molecular flexibility index (Phi) is 3.33. The molecule has 96 valence electrons. The van der Waals surface area contributed by atoms with Gasteiger partial charge in [-0.15, -0.1) is 0 Å². The number of carbonyl (C=O) groups is 1. The molecule has 0 spiro atoms. The molecule has 2 nitrogen and oxygen atoms in total. The first kappa shape index (κ1) is 12.7. The van der Waals surface area contributed by atoms with Gasteiger partial charge in [-0.2, -0.15) is 0 Å². The summed E-state index contributed by atoms with van der Waals surface area (Å²) in [5, 5.41) is 0.666. The van der Waals surface area contributed by atoms with Crippen molar-refractivity contribution in [1.82, 2.24) is 0 Å². The maximum Gasteiger partial charge on any atom is 0.339 e. The lowest BCUT2D eigenvalue weighted by atomic mass is 9.99. The molecule has 1 aliphatic heterocycles. The summed E-state index contributed by atoms with van der Waals surface area (Å²) in [6.07, 6.45) is -0.317. The van der Waals surface area contributed by atoms with Gasteiger partial charge < -0.3 is 4.74 Å². The first-order valence-corrected chi connectivity index (χ1v) is 7.15. The second kappa shape index (κ2) is 4.99. The van der Waals surface area contributed by atoms with Crippen LogP contribution in [0.1, 0.15) is 32.4 Å². The molecule has 2 atom stereocenters. The molecule has 19 heavy (non-hydrogen) atoms. The number of hydrogen-bond donors (Lipinski definition) is 0. The van der Waals surface area contributed by atoms with Gasteiger partial charge in [0.1, 0.15) is 6.10 Å². The molecule has 0 aliphatic carbocycles. The van der Waals surface area contributed by atoms with Crippen molar-refractivity contribution in [2.75, 3.05) is 0 Å². The number of halogens is 2. The number of cyclic esters (lactones) is 1. The van der Waals surface area contributed by atoms with Crippen molar-refractivity contribution < 1.29 is 9.53 Å². The molecule has 0 amide bonds. The highest BCUT2D eigenvalue weighted by molar-refractivity contribution is 9.09. The quantitative estimate of drug-likeness (QED) is 0.587. The molecule has 4 heteroatoms. The minimum absolute atomic E-state index is 0.112. The van der Waals surface area contributed by atoms with Crippen LogP contribution >= 0.6 is 27.5 Å². The van der Waals surface area contributed by atoms with E-state index in [1.165, 1.54) is 0 Å². The normalized spacial score (nSPS) is 18.8. The van der Waals surface area contributed by atoms with Crippen molar-refractivity contribution in [3.8, 4) is 0 Å². The Morgan fingerprint density at radius 1 is 1.16 bits per heavy atom. The zero-order chi connectivity index (χ0) is 13.4. The number of ether oxygens (including phenoxy) is 1. The van der Waals surface area contributed by atoms with Gasteiger partial charge in [0.2, 0.25) is 0 Å². The van der Waals surface area contributed by atoms with Gasteiger partial charge in [0.15, 0.2) is 0 Å². The number of rotatable bonds is 2. The number of fused-ring (bicyclic) bond motifs is 1. The van der Waals surface area contributed by atoms with Crippen LogP contribution in [-0.2, 0) is 4.74 Å². The maximum atomic E-state index is 11.8. The summed E-state index contributed by atoms with van der Waals surface area (Å²) in [6, 6.07) is 15.0. The van der Waals surface area contributed by atoms with Gasteiger partial charge in [-0.25, -0.2) is 4.79 Å². The Hall–Kier alpha value is -1.32. The second-order valence-corrected chi connectivity index (χ2v) is 5.79. The number of hydrogen-bond acceptors (Lipinski definition) is 2. The third-order valence-electron chi connectivity index (χ3n) is 3.15. The van der Waals surface area contributed by atoms with Gasteiger partial charge in [0.25, 0.3) is 0 Å². The first-order chi connectivity index (χ1) is 9.16. The fraction of sp³-hybridized carbons (Fsp3) is 0.133. The average molecular weight is 338 g/mol. The van der Waals surface area contributed by atoms with Crippen molar-refractivity contribution in [2.24, 2.45) is 0 Å². The molecule has 0 unspecified atom stereocenters. The molecular formula is C15H10BrClO2. The fourth-order valence-electron chi connectivity index (χ4n) is 2.24. The number of carbonyl (C=O) groups excluding carboxylic acids is 1. The van der Waals surface area contributed by atoms with Gasteiger partial charge >= 0.3 is 5.97 Å². The maximum absolute atomic E-state index is 11.8. The van der Waals surface area contributed by atoms with E-state index in [1.807, 2.05) is 42.5 Å². The van der Waals surface area contributed by atoms with Crippen LogP contribution in [0.5, 0.6) is 0 Å². The highest BCUT2D eigenvalue weighted by atomic mass is 79.9. The predicted octanol–water partition coefficient (Wildman–Crippen LogP) is 4.69. The van der Waals surface area contributed by atoms with Crippen LogP contribution in [0, 0.1) is 0 Å². The molecule has 3 rings (SSSR count). The zero-order valence-corrected chi connectivity index (χ0v) is 12.2. The van der Waals surface area contributed by atoms with Crippen molar-refractivity contribution in [3.63, 3.8) is 0 Å². The summed E-state index contributed by atoms with van der Waals surface area (Å²) >= 11 is 9.60. The molecule has 2 aromatic rings. The van der Waals surface area contributed by atoms with E-state index in [0.717, 1.165) is 11.1 Å². The van der Waals surface area contributed by atoms with Crippen LogP contribution in [0.25, 0.3) is 0 Å². The van der Waals surface area contributed by atoms with Crippen LogP contribution in [0.4, 0.5) is 0 Å². The monoisotopic (exact) mass is 336 g/mol. The lowest BCUT2D eigenvalue weighted by Crippen LogP contribution is -2.05. The number of benzene rings is 2. The van der Waals surface area contributed by atoms with Crippen LogP contribution in [0.15, 0.2) is 48.5 Å². The van der Waals surface area contributed by atoms with Crippen LogP contribution in [-0.4, -0.2) is 5.97 Å². The Labute approximate surface area is 124 Å². The minimum atomic E-state index is -0.317. The van der Waals surface area contributed by atoms with Gasteiger partial charge in [-0.3, -0.25) is 0 Å². The minimum Gasteiger partial charge on any atom is -0.452 e. The molecule has 2 aromatic carbocycles. The molecule has 0 saturated heterocycles. The Bertz CT molecular complexity index is 642. The number of esters is 1. The van der Waals surface area contributed by atoms with Crippen molar-refractivity contribution in [1.29, 1.82) is 0 Å². The van der Waals surface area contributed by atoms with E-state index in [1.54, 1.807) is 6.07 Å². The molecular weight excluding hydrogens is 328 g/mol. The van der Waals surface area contributed by atoms with E-state index in [0.29, 0.717) is 10.6 Å². The van der Waals surface area contributed by atoms with Crippen molar-refractivity contribution in [2.45, 2.75) is 10.9 Å². The topological polar surface area (TPSA) is 26.3 Å². The lowest BCUT2D eigenvalue weighted by molar-refractivity contribution is 0.0384. The molecule has 1 aliphatic rings. The summed E-state index contributed by atoms with van der Waals surface area (Å²) < 4.78 is 5.46. The molecule has 0 aromatic heterocycles.